The van der Waals surface area contributed by atoms with Crippen LogP contribution in [-0.4, -0.2) is 47.4 Å². The van der Waals surface area contributed by atoms with E-state index in [4.69, 9.17) is 0 Å². The SMILES string of the molecule is CCCC(=O)N1CCN(C2CC2)C[C@H]1Cc1ccccc1. The first-order chi connectivity index (χ1) is 10.3. The van der Waals surface area contributed by atoms with Crippen LogP contribution in [0, 0.1) is 0 Å². The molecule has 2 fully saturated rings. The molecule has 0 unspecified atom stereocenters. The second kappa shape index (κ2) is 6.61. The summed E-state index contributed by atoms with van der Waals surface area (Å²) in [6.07, 6.45) is 5.32. The highest BCUT2D eigenvalue weighted by Crippen LogP contribution is 2.29. The Morgan fingerprint density at radius 1 is 1.19 bits per heavy atom. The summed E-state index contributed by atoms with van der Waals surface area (Å²) in [6, 6.07) is 11.7. The lowest BCUT2D eigenvalue weighted by Gasteiger charge is -2.42. The molecule has 114 valence electrons. The Hall–Kier alpha value is -1.35. The van der Waals surface area contributed by atoms with Crippen LogP contribution in [0.15, 0.2) is 30.3 Å². The van der Waals surface area contributed by atoms with Gasteiger partial charge in [-0.15, -0.1) is 0 Å². The van der Waals surface area contributed by atoms with Gasteiger partial charge in [0, 0.05) is 38.1 Å². The van der Waals surface area contributed by atoms with Gasteiger partial charge in [-0.05, 0) is 31.2 Å². The number of rotatable bonds is 5. The molecular weight excluding hydrogens is 260 g/mol. The maximum Gasteiger partial charge on any atom is 0.222 e. The third-order valence-corrected chi connectivity index (χ3v) is 4.68. The molecule has 21 heavy (non-hydrogen) atoms. The first-order valence-electron chi connectivity index (χ1n) is 8.35. The molecule has 0 spiro atoms. The minimum atomic E-state index is 0.342. The van der Waals surface area contributed by atoms with Crippen LogP contribution >= 0.6 is 0 Å². The normalized spacial score (nSPS) is 23.3. The van der Waals surface area contributed by atoms with Crippen LogP contribution in [0.1, 0.15) is 38.2 Å². The molecular formula is C18H26N2O. The molecule has 3 rings (SSSR count). The third kappa shape index (κ3) is 3.65. The number of hydrogen-bond donors (Lipinski definition) is 0. The predicted molar refractivity (Wildman–Crippen MR) is 85.2 cm³/mol. The van der Waals surface area contributed by atoms with Crippen molar-refractivity contribution in [1.29, 1.82) is 0 Å². The number of nitrogens with zero attached hydrogens (tertiary/aromatic N) is 2. The fourth-order valence-electron chi connectivity index (χ4n) is 3.40. The lowest BCUT2D eigenvalue weighted by Crippen LogP contribution is -2.56. The van der Waals surface area contributed by atoms with E-state index >= 15 is 0 Å². The molecule has 0 aromatic heterocycles. The average molecular weight is 286 g/mol. The summed E-state index contributed by atoms with van der Waals surface area (Å²) >= 11 is 0. The van der Waals surface area contributed by atoms with Crippen LogP contribution in [0.3, 0.4) is 0 Å². The summed E-state index contributed by atoms with van der Waals surface area (Å²) in [7, 11) is 0. The van der Waals surface area contributed by atoms with Gasteiger partial charge in [-0.2, -0.15) is 0 Å². The third-order valence-electron chi connectivity index (χ3n) is 4.68. The molecule has 2 aliphatic rings. The van der Waals surface area contributed by atoms with E-state index in [-0.39, 0.29) is 0 Å². The van der Waals surface area contributed by atoms with Crippen LogP contribution in [0.4, 0.5) is 0 Å². The largest absolute Gasteiger partial charge is 0.337 e. The minimum Gasteiger partial charge on any atom is -0.337 e. The van der Waals surface area contributed by atoms with Crippen molar-refractivity contribution < 1.29 is 4.79 Å². The Morgan fingerprint density at radius 2 is 1.95 bits per heavy atom. The summed E-state index contributed by atoms with van der Waals surface area (Å²) in [5.74, 6) is 0.342. The zero-order valence-corrected chi connectivity index (χ0v) is 13.0. The van der Waals surface area contributed by atoms with Crippen LogP contribution in [-0.2, 0) is 11.2 Å². The van der Waals surface area contributed by atoms with Crippen molar-refractivity contribution in [3.8, 4) is 0 Å². The maximum atomic E-state index is 12.4. The maximum absolute atomic E-state index is 12.4. The lowest BCUT2D eigenvalue weighted by molar-refractivity contribution is -0.136. The van der Waals surface area contributed by atoms with Gasteiger partial charge >= 0.3 is 0 Å². The second-order valence-electron chi connectivity index (χ2n) is 6.41. The molecule has 1 amide bonds. The van der Waals surface area contributed by atoms with Crippen molar-refractivity contribution in [2.24, 2.45) is 0 Å². The summed E-state index contributed by atoms with van der Waals surface area (Å²) in [6.45, 7) is 5.11. The van der Waals surface area contributed by atoms with Gasteiger partial charge in [0.1, 0.15) is 0 Å². The molecule has 1 atom stereocenters. The van der Waals surface area contributed by atoms with E-state index in [0.29, 0.717) is 18.4 Å². The molecule has 1 saturated carbocycles. The van der Waals surface area contributed by atoms with E-state index < -0.39 is 0 Å². The smallest absolute Gasteiger partial charge is 0.222 e. The van der Waals surface area contributed by atoms with E-state index in [1.165, 1.54) is 18.4 Å². The van der Waals surface area contributed by atoms with Crippen molar-refractivity contribution in [3.63, 3.8) is 0 Å². The minimum absolute atomic E-state index is 0.342. The van der Waals surface area contributed by atoms with Gasteiger partial charge in [-0.25, -0.2) is 0 Å². The summed E-state index contributed by atoms with van der Waals surface area (Å²) in [5.41, 5.74) is 1.34. The Kier molecular flexibility index (Phi) is 4.59. The van der Waals surface area contributed by atoms with Crippen molar-refractivity contribution in [2.45, 2.75) is 51.1 Å². The Morgan fingerprint density at radius 3 is 2.62 bits per heavy atom. The van der Waals surface area contributed by atoms with E-state index in [9.17, 15) is 4.79 Å². The quantitative estimate of drug-likeness (QED) is 0.831. The van der Waals surface area contributed by atoms with Gasteiger partial charge in [0.05, 0.1) is 0 Å². The second-order valence-corrected chi connectivity index (χ2v) is 6.41. The van der Waals surface area contributed by atoms with E-state index in [0.717, 1.165) is 38.5 Å². The zero-order valence-electron chi connectivity index (χ0n) is 13.0. The standard InChI is InChI=1S/C18H26N2O/c1-2-6-18(21)20-12-11-19(16-9-10-16)14-17(20)13-15-7-4-3-5-8-15/h3-5,7-8,16-17H,2,6,9-14H2,1H3/t17-/m1/s1. The van der Waals surface area contributed by atoms with E-state index in [2.05, 4.69) is 47.1 Å². The zero-order chi connectivity index (χ0) is 14.7. The number of piperazine rings is 1. The summed E-state index contributed by atoms with van der Waals surface area (Å²) < 4.78 is 0. The molecule has 1 saturated heterocycles. The molecule has 3 heteroatoms. The van der Waals surface area contributed by atoms with Crippen LogP contribution < -0.4 is 0 Å². The molecule has 1 aromatic rings. The Labute approximate surface area is 127 Å². The van der Waals surface area contributed by atoms with Crippen LogP contribution in [0.5, 0.6) is 0 Å². The van der Waals surface area contributed by atoms with E-state index in [1.807, 2.05) is 0 Å². The van der Waals surface area contributed by atoms with Gasteiger partial charge in [0.2, 0.25) is 5.91 Å². The Bertz CT molecular complexity index is 469. The highest BCUT2D eigenvalue weighted by molar-refractivity contribution is 5.76. The van der Waals surface area contributed by atoms with Crippen molar-refractivity contribution in [3.05, 3.63) is 35.9 Å². The highest BCUT2D eigenvalue weighted by Gasteiger charge is 2.36. The van der Waals surface area contributed by atoms with Crippen molar-refractivity contribution >= 4 is 5.91 Å². The van der Waals surface area contributed by atoms with Crippen LogP contribution in [0.2, 0.25) is 0 Å². The molecule has 0 radical (unpaired) electrons. The molecule has 1 aliphatic carbocycles. The molecule has 0 N–H and O–H groups in total. The lowest BCUT2D eigenvalue weighted by atomic mass is 10.0. The summed E-state index contributed by atoms with van der Waals surface area (Å²) in [5, 5.41) is 0. The molecule has 1 heterocycles. The molecule has 1 aromatic carbocycles. The fraction of sp³-hybridized carbons (Fsp3) is 0.611. The predicted octanol–water partition coefficient (Wildman–Crippen LogP) is 2.70. The van der Waals surface area contributed by atoms with Gasteiger partial charge in [0.15, 0.2) is 0 Å². The first kappa shape index (κ1) is 14.6. The highest BCUT2D eigenvalue weighted by atomic mass is 16.2. The number of carbonyl (C=O) groups is 1. The topological polar surface area (TPSA) is 23.6 Å². The molecule has 0 bridgehead atoms. The average Bonchev–Trinajstić information content (AvgIpc) is 3.33. The van der Waals surface area contributed by atoms with Crippen molar-refractivity contribution in [1.82, 2.24) is 9.80 Å². The number of carbonyl (C=O) groups excluding carboxylic acids is 1. The van der Waals surface area contributed by atoms with Crippen LogP contribution in [0.25, 0.3) is 0 Å². The monoisotopic (exact) mass is 286 g/mol. The first-order valence-corrected chi connectivity index (χ1v) is 8.35. The van der Waals surface area contributed by atoms with E-state index in [1.54, 1.807) is 0 Å². The number of hydrogen-bond acceptors (Lipinski definition) is 2. The van der Waals surface area contributed by atoms with Gasteiger partial charge in [-0.3, -0.25) is 9.69 Å². The van der Waals surface area contributed by atoms with Gasteiger partial charge < -0.3 is 4.90 Å². The molecule has 3 nitrogen and oxygen atoms in total. The number of amides is 1. The number of benzene rings is 1. The van der Waals surface area contributed by atoms with Gasteiger partial charge in [0.25, 0.3) is 0 Å². The van der Waals surface area contributed by atoms with Crippen molar-refractivity contribution in [2.75, 3.05) is 19.6 Å². The fourth-order valence-corrected chi connectivity index (χ4v) is 3.40. The summed E-state index contributed by atoms with van der Waals surface area (Å²) in [4.78, 5) is 17.1. The Balaban J connectivity index is 1.70. The molecule has 1 aliphatic heterocycles. The van der Waals surface area contributed by atoms with Gasteiger partial charge in [-0.1, -0.05) is 37.3 Å².